The molecule has 0 aromatic rings. The molecular formula is C9H22N4O2+2. The highest BCUT2D eigenvalue weighted by Crippen LogP contribution is 2.04. The average molecular weight is 218 g/mol. The van der Waals surface area contributed by atoms with Gasteiger partial charge in [0, 0.05) is 6.92 Å². The van der Waals surface area contributed by atoms with Gasteiger partial charge in [0.05, 0.1) is 6.54 Å². The number of ether oxygens (including phenoxy) is 1. The quantitative estimate of drug-likeness (QED) is 0.161. The molecule has 0 fully saturated rings. The molecule has 0 bridgehead atoms. The maximum atomic E-state index is 10.8. The molecular weight excluding hydrogens is 196 g/mol. The number of nitrogens with two attached hydrogens (primary N) is 2. The Bertz CT molecular complexity index is 224. The second-order valence-corrected chi connectivity index (χ2v) is 3.65. The number of rotatable bonds is 6. The predicted octanol–water partition coefficient (Wildman–Crippen LogP) is -3.32. The van der Waals surface area contributed by atoms with Gasteiger partial charge in [0.15, 0.2) is 6.10 Å². The molecule has 0 heterocycles. The summed E-state index contributed by atoms with van der Waals surface area (Å²) in [5, 5.41) is 0. The van der Waals surface area contributed by atoms with Gasteiger partial charge in [-0.15, -0.1) is 0 Å². The fourth-order valence-electron chi connectivity index (χ4n) is 1.21. The van der Waals surface area contributed by atoms with E-state index in [0.717, 1.165) is 12.8 Å². The van der Waals surface area contributed by atoms with Crippen LogP contribution in [0.1, 0.15) is 26.7 Å². The second-order valence-electron chi connectivity index (χ2n) is 3.65. The van der Waals surface area contributed by atoms with Crippen LogP contribution in [0, 0.1) is 0 Å². The first kappa shape index (κ1) is 13.7. The van der Waals surface area contributed by atoms with Crippen molar-refractivity contribution in [2.45, 2.75) is 38.8 Å². The maximum absolute atomic E-state index is 10.8. The summed E-state index contributed by atoms with van der Waals surface area (Å²) in [5.74, 6) is -0.0601. The van der Waals surface area contributed by atoms with Crippen molar-refractivity contribution in [3.8, 4) is 0 Å². The standard InChI is InChI=1S/C9H20N4O2/c1-6(10)8(15-7(2)14)4-3-5-13-9(11)12/h6,8H,3-5,10H2,1-2H3,(H4,11,12,13)/p+2. The Morgan fingerprint density at radius 2 is 2.13 bits per heavy atom. The lowest BCUT2D eigenvalue weighted by Crippen LogP contribution is -2.78. The lowest BCUT2D eigenvalue weighted by Gasteiger charge is -2.17. The summed E-state index contributed by atoms with van der Waals surface area (Å²) in [7, 11) is 0. The summed E-state index contributed by atoms with van der Waals surface area (Å²) in [6.45, 7) is 4.00. The van der Waals surface area contributed by atoms with E-state index in [1.807, 2.05) is 6.92 Å². The summed E-state index contributed by atoms with van der Waals surface area (Å²) in [6, 6.07) is 0.0769. The zero-order valence-electron chi connectivity index (χ0n) is 9.45. The molecule has 6 heteroatoms. The average Bonchev–Trinajstić information content (AvgIpc) is 2.08. The van der Waals surface area contributed by atoms with Crippen LogP contribution in [-0.4, -0.2) is 30.6 Å². The molecule has 2 atom stereocenters. The van der Waals surface area contributed by atoms with Crippen LogP contribution >= 0.6 is 0 Å². The topological polar surface area (TPSA) is 120 Å². The van der Waals surface area contributed by atoms with Gasteiger partial charge in [-0.05, 0) is 19.8 Å². The minimum absolute atomic E-state index is 0.0769. The third kappa shape index (κ3) is 7.75. The van der Waals surface area contributed by atoms with E-state index in [2.05, 4.69) is 10.7 Å². The molecule has 2 unspecified atom stereocenters. The fraction of sp³-hybridized carbons (Fsp3) is 0.778. The molecule has 6 nitrogen and oxygen atoms in total. The molecule has 0 aromatic heterocycles. The van der Waals surface area contributed by atoms with Crippen LogP contribution in [0.4, 0.5) is 0 Å². The highest BCUT2D eigenvalue weighted by Gasteiger charge is 2.19. The number of hydrogen-bond donors (Lipinski definition) is 4. The largest absolute Gasteiger partial charge is 0.456 e. The van der Waals surface area contributed by atoms with Crippen LogP contribution in [0.25, 0.3) is 0 Å². The third-order valence-electron chi connectivity index (χ3n) is 1.95. The Kier molecular flexibility index (Phi) is 6.44. The van der Waals surface area contributed by atoms with Gasteiger partial charge in [0.2, 0.25) is 0 Å². The lowest BCUT2D eigenvalue weighted by atomic mass is 10.1. The first-order valence-electron chi connectivity index (χ1n) is 5.05. The molecule has 0 spiro atoms. The highest BCUT2D eigenvalue weighted by molar-refractivity contribution is 5.69. The van der Waals surface area contributed by atoms with E-state index in [9.17, 15) is 4.79 Å². The molecule has 0 radical (unpaired) electrons. The predicted molar refractivity (Wildman–Crippen MR) is 56.3 cm³/mol. The van der Waals surface area contributed by atoms with Crippen molar-refractivity contribution in [1.29, 1.82) is 0 Å². The lowest BCUT2D eigenvalue weighted by molar-refractivity contribution is -0.461. The summed E-state index contributed by atoms with van der Waals surface area (Å²) < 4.78 is 5.12. The van der Waals surface area contributed by atoms with E-state index < -0.39 is 0 Å². The summed E-state index contributed by atoms with van der Waals surface area (Å²) in [4.78, 5) is 13.6. The van der Waals surface area contributed by atoms with Gasteiger partial charge >= 0.3 is 11.9 Å². The monoisotopic (exact) mass is 218 g/mol. The molecule has 0 aromatic carbocycles. The Hall–Kier alpha value is -1.30. The SMILES string of the molecule is CC(=O)OC(CCC[NH+]=C(N)N)C(C)[NH3+]. The molecule has 0 amide bonds. The summed E-state index contributed by atoms with van der Waals surface area (Å²) in [5.41, 5.74) is 14.3. The number of hydrogen-bond acceptors (Lipinski definition) is 2. The van der Waals surface area contributed by atoms with Gasteiger partial charge in [-0.2, -0.15) is 0 Å². The van der Waals surface area contributed by atoms with Gasteiger partial charge in [0.1, 0.15) is 6.04 Å². The Morgan fingerprint density at radius 3 is 2.53 bits per heavy atom. The molecule has 0 saturated heterocycles. The second kappa shape index (κ2) is 7.05. The molecule has 0 aliphatic heterocycles. The van der Waals surface area contributed by atoms with Crippen LogP contribution < -0.4 is 22.2 Å². The van der Waals surface area contributed by atoms with Gasteiger partial charge in [-0.25, -0.2) is 0 Å². The Morgan fingerprint density at radius 1 is 1.53 bits per heavy atom. The van der Waals surface area contributed by atoms with Gasteiger partial charge in [0.25, 0.3) is 0 Å². The van der Waals surface area contributed by atoms with Crippen molar-refractivity contribution in [2.24, 2.45) is 11.5 Å². The molecule has 88 valence electrons. The van der Waals surface area contributed by atoms with E-state index in [1.165, 1.54) is 6.92 Å². The minimum atomic E-state index is -0.270. The Balaban J connectivity index is 3.86. The number of guanidine groups is 1. The van der Waals surface area contributed by atoms with Crippen molar-refractivity contribution in [2.75, 3.05) is 6.54 Å². The summed E-state index contributed by atoms with van der Waals surface area (Å²) >= 11 is 0. The molecule has 0 rings (SSSR count). The van der Waals surface area contributed by atoms with Crippen molar-refractivity contribution >= 4 is 11.9 Å². The van der Waals surface area contributed by atoms with Crippen molar-refractivity contribution in [3.63, 3.8) is 0 Å². The van der Waals surface area contributed by atoms with E-state index in [1.54, 1.807) is 0 Å². The van der Waals surface area contributed by atoms with E-state index in [4.69, 9.17) is 16.2 Å². The zero-order valence-corrected chi connectivity index (χ0v) is 9.45. The van der Waals surface area contributed by atoms with Crippen LogP contribution in [0.15, 0.2) is 0 Å². The maximum Gasteiger partial charge on any atom is 0.338 e. The molecule has 15 heavy (non-hydrogen) atoms. The van der Waals surface area contributed by atoms with Gasteiger partial charge < -0.3 is 10.5 Å². The number of carbonyl (C=O) groups is 1. The number of carbonyl (C=O) groups excluding carboxylic acids is 1. The fourth-order valence-corrected chi connectivity index (χ4v) is 1.21. The van der Waals surface area contributed by atoms with Crippen molar-refractivity contribution < 1.29 is 20.3 Å². The van der Waals surface area contributed by atoms with Crippen molar-refractivity contribution in [3.05, 3.63) is 0 Å². The van der Waals surface area contributed by atoms with Crippen LogP contribution in [0.3, 0.4) is 0 Å². The van der Waals surface area contributed by atoms with Gasteiger partial charge in [-0.3, -0.25) is 21.3 Å². The molecule has 0 aliphatic rings. The number of nitrogens with one attached hydrogen (secondary N) is 1. The smallest absolute Gasteiger partial charge is 0.338 e. The highest BCUT2D eigenvalue weighted by atomic mass is 16.5. The molecule has 0 aliphatic carbocycles. The van der Waals surface area contributed by atoms with Crippen LogP contribution in [-0.2, 0) is 9.53 Å². The van der Waals surface area contributed by atoms with E-state index >= 15 is 0 Å². The molecule has 8 N–H and O–H groups in total. The van der Waals surface area contributed by atoms with E-state index in [0.29, 0.717) is 6.54 Å². The normalized spacial score (nSPS) is 14.1. The van der Waals surface area contributed by atoms with E-state index in [-0.39, 0.29) is 24.1 Å². The number of quaternary nitrogens is 1. The Labute approximate surface area is 89.8 Å². The van der Waals surface area contributed by atoms with Crippen LogP contribution in [0.2, 0.25) is 0 Å². The van der Waals surface area contributed by atoms with Crippen LogP contribution in [0.5, 0.6) is 0 Å². The summed E-state index contributed by atoms with van der Waals surface area (Å²) in [6.07, 6.45) is 1.45. The first-order valence-corrected chi connectivity index (χ1v) is 5.05. The zero-order chi connectivity index (χ0) is 11.8. The molecule has 0 saturated carbocycles. The first-order chi connectivity index (χ1) is 6.93. The minimum Gasteiger partial charge on any atom is -0.456 e. The number of esters is 1. The van der Waals surface area contributed by atoms with Crippen molar-refractivity contribution in [1.82, 2.24) is 0 Å². The van der Waals surface area contributed by atoms with Gasteiger partial charge in [-0.1, -0.05) is 0 Å². The third-order valence-corrected chi connectivity index (χ3v) is 1.95.